The Morgan fingerprint density at radius 2 is 1.71 bits per heavy atom. The predicted octanol–water partition coefficient (Wildman–Crippen LogP) is 0.607. The van der Waals surface area contributed by atoms with Gasteiger partial charge in [-0.1, -0.05) is 42.5 Å². The van der Waals surface area contributed by atoms with Crippen molar-refractivity contribution in [1.82, 2.24) is 10.6 Å². The first-order chi connectivity index (χ1) is 13.5. The maximum atomic E-state index is 12.0. The van der Waals surface area contributed by atoms with Gasteiger partial charge in [-0.3, -0.25) is 9.59 Å². The van der Waals surface area contributed by atoms with E-state index >= 15 is 0 Å². The van der Waals surface area contributed by atoms with Gasteiger partial charge in [0.1, 0.15) is 5.75 Å². The van der Waals surface area contributed by atoms with E-state index in [0.717, 1.165) is 23.3 Å². The Bertz CT molecular complexity index is 811. The summed E-state index contributed by atoms with van der Waals surface area (Å²) in [4.78, 5) is 23.9. The van der Waals surface area contributed by atoms with Gasteiger partial charge in [0.15, 0.2) is 0 Å². The average molecular weight is 382 g/mol. The summed E-state index contributed by atoms with van der Waals surface area (Å²) in [5.41, 5.74) is 1.71. The van der Waals surface area contributed by atoms with Gasteiger partial charge in [-0.15, -0.1) is 0 Å². The molecule has 0 bridgehead atoms. The smallest absolute Gasteiger partial charge is 0.475 e. The Hall–Kier alpha value is -3.10. The fourth-order valence-corrected chi connectivity index (χ4v) is 2.51. The number of carbonyl (C=O) groups is 2. The van der Waals surface area contributed by atoms with Gasteiger partial charge in [0.2, 0.25) is 11.8 Å². The molecule has 0 aromatic heterocycles. The molecule has 0 aliphatic heterocycles. The summed E-state index contributed by atoms with van der Waals surface area (Å²) in [5, 5.41) is 24.1. The van der Waals surface area contributed by atoms with E-state index in [0.29, 0.717) is 5.75 Å². The molecule has 0 aliphatic rings. The molecule has 2 aromatic carbocycles. The molecule has 7 nitrogen and oxygen atoms in total. The number of nitrogens with one attached hydrogen (secondary N) is 2. The van der Waals surface area contributed by atoms with Gasteiger partial charge in [0.25, 0.3) is 0 Å². The highest BCUT2D eigenvalue weighted by atomic mass is 16.5. The summed E-state index contributed by atoms with van der Waals surface area (Å²) in [6.07, 6.45) is 2.40. The minimum absolute atomic E-state index is 0.250. The van der Waals surface area contributed by atoms with Crippen LogP contribution in [0.15, 0.2) is 66.7 Å². The van der Waals surface area contributed by atoms with E-state index in [1.807, 2.05) is 42.5 Å². The van der Waals surface area contributed by atoms with E-state index in [4.69, 9.17) is 4.74 Å². The Balaban J connectivity index is 1.84. The van der Waals surface area contributed by atoms with Crippen molar-refractivity contribution >= 4 is 18.9 Å². The highest BCUT2D eigenvalue weighted by Crippen LogP contribution is 2.12. The van der Waals surface area contributed by atoms with Crippen LogP contribution in [0.25, 0.3) is 0 Å². The van der Waals surface area contributed by atoms with Crippen LogP contribution in [-0.4, -0.2) is 42.0 Å². The van der Waals surface area contributed by atoms with Gasteiger partial charge < -0.3 is 25.4 Å². The van der Waals surface area contributed by atoms with Crippen LogP contribution >= 0.6 is 0 Å². The van der Waals surface area contributed by atoms with Crippen molar-refractivity contribution in [3.63, 3.8) is 0 Å². The Morgan fingerprint density at radius 3 is 2.39 bits per heavy atom. The van der Waals surface area contributed by atoms with Crippen LogP contribution in [0.2, 0.25) is 0 Å². The summed E-state index contributed by atoms with van der Waals surface area (Å²) in [7, 11) is -0.160. The molecule has 2 rings (SSSR count). The second-order valence-electron chi connectivity index (χ2n) is 6.12. The van der Waals surface area contributed by atoms with Gasteiger partial charge in [0.05, 0.1) is 13.1 Å². The fraction of sp³-hybridized carbons (Fsp3) is 0.200. The van der Waals surface area contributed by atoms with E-state index < -0.39 is 24.9 Å². The lowest BCUT2D eigenvalue weighted by Crippen LogP contribution is -2.47. The van der Waals surface area contributed by atoms with E-state index in [-0.39, 0.29) is 13.0 Å². The van der Waals surface area contributed by atoms with Gasteiger partial charge in [-0.2, -0.15) is 0 Å². The van der Waals surface area contributed by atoms with Crippen molar-refractivity contribution in [3.8, 4) is 5.75 Å². The largest absolute Gasteiger partial charge is 0.497 e. The Kier molecular flexibility index (Phi) is 8.26. The summed E-state index contributed by atoms with van der Waals surface area (Å²) in [6, 6.07) is 16.4. The first-order valence-corrected chi connectivity index (χ1v) is 8.77. The second-order valence-corrected chi connectivity index (χ2v) is 6.12. The molecule has 1 atom stereocenters. The third kappa shape index (κ3) is 7.26. The molecule has 2 aromatic rings. The SMILES string of the molecule is COc1cccc(CNC(=O)/C=C/C(=O)N[C@@H](Cc2ccccc2)B(O)O)c1. The van der Waals surface area contributed by atoms with Crippen molar-refractivity contribution < 1.29 is 24.4 Å². The molecule has 0 saturated carbocycles. The third-order valence-corrected chi connectivity index (χ3v) is 3.97. The minimum Gasteiger partial charge on any atom is -0.497 e. The third-order valence-electron chi connectivity index (χ3n) is 3.97. The van der Waals surface area contributed by atoms with E-state index in [1.54, 1.807) is 19.2 Å². The standard InChI is InChI=1S/C20H23BN2O5/c1-28-17-9-5-8-16(12-17)14-22-19(24)10-11-20(25)23-18(21(26)27)13-15-6-3-2-4-7-15/h2-12,18,26-27H,13-14H2,1H3,(H,22,24)(H,23,25)/b11-10+/t18-/m0/s1. The summed E-state index contributed by atoms with van der Waals surface area (Å²) in [5.74, 6) is -1.24. The quantitative estimate of drug-likeness (QED) is 0.376. The summed E-state index contributed by atoms with van der Waals surface area (Å²) >= 11 is 0. The molecular weight excluding hydrogens is 359 g/mol. The molecule has 0 saturated heterocycles. The summed E-state index contributed by atoms with van der Waals surface area (Å²) in [6.45, 7) is 0.286. The first kappa shape index (κ1) is 21.2. The molecule has 28 heavy (non-hydrogen) atoms. The lowest BCUT2D eigenvalue weighted by atomic mass is 9.76. The molecule has 0 fully saturated rings. The number of amides is 2. The van der Waals surface area contributed by atoms with Gasteiger partial charge in [-0.05, 0) is 29.7 Å². The van der Waals surface area contributed by atoms with E-state index in [9.17, 15) is 19.6 Å². The molecule has 0 unspecified atom stereocenters. The molecule has 0 radical (unpaired) electrons. The zero-order valence-corrected chi connectivity index (χ0v) is 15.5. The maximum absolute atomic E-state index is 12.0. The number of methoxy groups -OCH3 is 1. The van der Waals surface area contributed by atoms with E-state index in [2.05, 4.69) is 10.6 Å². The summed E-state index contributed by atoms with van der Waals surface area (Å²) < 4.78 is 5.12. The molecular formula is C20H23BN2O5. The van der Waals surface area contributed by atoms with Crippen molar-refractivity contribution in [2.45, 2.75) is 18.9 Å². The van der Waals surface area contributed by atoms with Gasteiger partial charge >= 0.3 is 7.12 Å². The number of hydrogen-bond acceptors (Lipinski definition) is 5. The van der Waals surface area contributed by atoms with Crippen LogP contribution in [0.3, 0.4) is 0 Å². The zero-order chi connectivity index (χ0) is 20.4. The highest BCUT2D eigenvalue weighted by molar-refractivity contribution is 6.43. The van der Waals surface area contributed by atoms with Crippen LogP contribution in [0.5, 0.6) is 5.75 Å². The van der Waals surface area contributed by atoms with Crippen LogP contribution < -0.4 is 15.4 Å². The van der Waals surface area contributed by atoms with Crippen LogP contribution in [0.1, 0.15) is 11.1 Å². The highest BCUT2D eigenvalue weighted by Gasteiger charge is 2.24. The minimum atomic E-state index is -1.72. The van der Waals surface area contributed by atoms with Gasteiger partial charge in [0, 0.05) is 18.7 Å². The van der Waals surface area contributed by atoms with Crippen molar-refractivity contribution in [2.24, 2.45) is 0 Å². The molecule has 0 aliphatic carbocycles. The predicted molar refractivity (Wildman–Crippen MR) is 106 cm³/mol. The Morgan fingerprint density at radius 1 is 1.04 bits per heavy atom. The van der Waals surface area contributed by atoms with Crippen LogP contribution in [0.4, 0.5) is 0 Å². The zero-order valence-electron chi connectivity index (χ0n) is 15.5. The maximum Gasteiger partial charge on any atom is 0.475 e. The van der Waals surface area contributed by atoms with Crippen molar-refractivity contribution in [3.05, 3.63) is 77.9 Å². The average Bonchev–Trinajstić information content (AvgIpc) is 2.71. The molecule has 4 N–H and O–H groups in total. The van der Waals surface area contributed by atoms with Crippen molar-refractivity contribution in [2.75, 3.05) is 7.11 Å². The molecule has 8 heteroatoms. The lowest BCUT2D eigenvalue weighted by Gasteiger charge is -2.16. The Labute approximate surface area is 164 Å². The topological polar surface area (TPSA) is 108 Å². The van der Waals surface area contributed by atoms with Crippen LogP contribution in [-0.2, 0) is 22.6 Å². The van der Waals surface area contributed by atoms with Crippen molar-refractivity contribution in [1.29, 1.82) is 0 Å². The molecule has 0 spiro atoms. The number of rotatable bonds is 9. The number of benzene rings is 2. The number of hydrogen-bond donors (Lipinski definition) is 4. The van der Waals surface area contributed by atoms with Gasteiger partial charge in [-0.25, -0.2) is 0 Å². The monoisotopic (exact) mass is 382 g/mol. The van der Waals surface area contributed by atoms with E-state index in [1.165, 1.54) is 0 Å². The molecule has 146 valence electrons. The normalized spacial score (nSPS) is 11.7. The first-order valence-electron chi connectivity index (χ1n) is 8.77. The molecule has 2 amide bonds. The lowest BCUT2D eigenvalue weighted by molar-refractivity contribution is -0.119. The number of carbonyl (C=O) groups excluding carboxylic acids is 2. The second kappa shape index (κ2) is 10.9. The fourth-order valence-electron chi connectivity index (χ4n) is 2.51. The number of ether oxygens (including phenoxy) is 1. The van der Waals surface area contributed by atoms with Crippen LogP contribution in [0, 0.1) is 0 Å². The molecule has 0 heterocycles.